The van der Waals surface area contributed by atoms with E-state index in [0.717, 1.165) is 31.7 Å². The predicted molar refractivity (Wildman–Crippen MR) is 87.8 cm³/mol. The van der Waals surface area contributed by atoms with Crippen molar-refractivity contribution < 1.29 is 4.74 Å². The summed E-state index contributed by atoms with van der Waals surface area (Å²) in [6, 6.07) is 6.54. The molecule has 0 saturated carbocycles. The lowest BCUT2D eigenvalue weighted by Crippen LogP contribution is -2.43. The minimum Gasteiger partial charge on any atom is -0.486 e. The maximum absolute atomic E-state index is 6.41. The molecule has 1 unspecified atom stereocenters. The van der Waals surface area contributed by atoms with Crippen LogP contribution in [0.25, 0.3) is 0 Å². The van der Waals surface area contributed by atoms with E-state index in [4.69, 9.17) is 4.74 Å². The van der Waals surface area contributed by atoms with Gasteiger partial charge in [-0.25, -0.2) is 0 Å². The molecule has 0 bridgehead atoms. The molecular weight excluding hydrogens is 246 g/mol. The SMILES string of the molecule is CCCNCC(C)(CC)Oc1cc(C)ccc1C(C)C. The molecule has 1 N–H and O–H groups in total. The highest BCUT2D eigenvalue weighted by molar-refractivity contribution is 5.39. The van der Waals surface area contributed by atoms with Gasteiger partial charge in [0.15, 0.2) is 0 Å². The van der Waals surface area contributed by atoms with Crippen LogP contribution in [0.1, 0.15) is 64.5 Å². The van der Waals surface area contributed by atoms with E-state index in [1.807, 2.05) is 0 Å². The van der Waals surface area contributed by atoms with Gasteiger partial charge in [-0.15, -0.1) is 0 Å². The third-order valence-electron chi connectivity index (χ3n) is 3.82. The van der Waals surface area contributed by atoms with Crippen LogP contribution in [-0.4, -0.2) is 18.7 Å². The van der Waals surface area contributed by atoms with Crippen molar-refractivity contribution in [2.24, 2.45) is 0 Å². The van der Waals surface area contributed by atoms with E-state index in [1.165, 1.54) is 11.1 Å². The van der Waals surface area contributed by atoms with Crippen molar-refractivity contribution >= 4 is 0 Å². The summed E-state index contributed by atoms with van der Waals surface area (Å²) in [5.74, 6) is 1.53. The quantitative estimate of drug-likeness (QED) is 0.697. The van der Waals surface area contributed by atoms with E-state index in [2.05, 4.69) is 65.1 Å². The summed E-state index contributed by atoms with van der Waals surface area (Å²) in [6.07, 6.45) is 2.15. The summed E-state index contributed by atoms with van der Waals surface area (Å²) in [5, 5.41) is 3.49. The van der Waals surface area contributed by atoms with Crippen LogP contribution in [0.4, 0.5) is 0 Å². The Hall–Kier alpha value is -1.02. The first-order chi connectivity index (χ1) is 9.41. The van der Waals surface area contributed by atoms with Gasteiger partial charge in [0, 0.05) is 6.54 Å². The Morgan fingerprint density at radius 1 is 1.25 bits per heavy atom. The van der Waals surface area contributed by atoms with Gasteiger partial charge >= 0.3 is 0 Å². The fourth-order valence-electron chi connectivity index (χ4n) is 2.24. The number of hydrogen-bond acceptors (Lipinski definition) is 2. The van der Waals surface area contributed by atoms with Crippen LogP contribution >= 0.6 is 0 Å². The van der Waals surface area contributed by atoms with Crippen LogP contribution in [0.2, 0.25) is 0 Å². The molecule has 114 valence electrons. The number of nitrogens with one attached hydrogen (secondary N) is 1. The normalized spacial score (nSPS) is 14.3. The zero-order valence-corrected chi connectivity index (χ0v) is 14.0. The van der Waals surface area contributed by atoms with E-state index in [-0.39, 0.29) is 5.60 Å². The molecule has 2 heteroatoms. The molecule has 1 aromatic rings. The zero-order valence-electron chi connectivity index (χ0n) is 14.0. The molecule has 1 aromatic carbocycles. The first-order valence-corrected chi connectivity index (χ1v) is 7.92. The summed E-state index contributed by atoms with van der Waals surface area (Å²) < 4.78 is 6.41. The number of aryl methyl sites for hydroxylation is 1. The van der Waals surface area contributed by atoms with Crippen molar-refractivity contribution in [1.29, 1.82) is 0 Å². The molecule has 0 aliphatic heterocycles. The monoisotopic (exact) mass is 277 g/mol. The van der Waals surface area contributed by atoms with Crippen LogP contribution in [0.15, 0.2) is 18.2 Å². The molecule has 0 saturated heterocycles. The Morgan fingerprint density at radius 3 is 2.50 bits per heavy atom. The highest BCUT2D eigenvalue weighted by atomic mass is 16.5. The average Bonchev–Trinajstić information content (AvgIpc) is 2.38. The highest BCUT2D eigenvalue weighted by Gasteiger charge is 2.25. The van der Waals surface area contributed by atoms with E-state index in [1.54, 1.807) is 0 Å². The van der Waals surface area contributed by atoms with Gasteiger partial charge in [0.05, 0.1) is 0 Å². The molecule has 0 aromatic heterocycles. The molecule has 0 aliphatic carbocycles. The molecule has 20 heavy (non-hydrogen) atoms. The standard InChI is InChI=1S/C18H31NO/c1-7-11-19-13-18(6,8-2)20-17-12-15(5)9-10-16(17)14(3)4/h9-10,12,14,19H,7-8,11,13H2,1-6H3. The lowest BCUT2D eigenvalue weighted by atomic mass is 9.98. The Morgan fingerprint density at radius 2 is 1.95 bits per heavy atom. The Kier molecular flexibility index (Phi) is 6.54. The number of ether oxygens (including phenoxy) is 1. The van der Waals surface area contributed by atoms with Crippen LogP contribution in [0.5, 0.6) is 5.75 Å². The molecule has 2 nitrogen and oxygen atoms in total. The van der Waals surface area contributed by atoms with Crippen molar-refractivity contribution in [3.63, 3.8) is 0 Å². The molecular formula is C18H31NO. The fraction of sp³-hybridized carbons (Fsp3) is 0.667. The van der Waals surface area contributed by atoms with Crippen LogP contribution in [-0.2, 0) is 0 Å². The summed E-state index contributed by atoms with van der Waals surface area (Å²) in [4.78, 5) is 0. The summed E-state index contributed by atoms with van der Waals surface area (Å²) >= 11 is 0. The van der Waals surface area contributed by atoms with Crippen LogP contribution < -0.4 is 10.1 Å². The second-order valence-electron chi connectivity index (χ2n) is 6.28. The second kappa shape index (κ2) is 7.68. The molecule has 0 radical (unpaired) electrons. The summed E-state index contributed by atoms with van der Waals surface area (Å²) in [6.45, 7) is 15.1. The maximum atomic E-state index is 6.41. The lowest BCUT2D eigenvalue weighted by molar-refractivity contribution is 0.0822. The molecule has 0 aliphatic rings. The number of rotatable bonds is 8. The van der Waals surface area contributed by atoms with E-state index in [0.29, 0.717) is 5.92 Å². The van der Waals surface area contributed by atoms with E-state index >= 15 is 0 Å². The first kappa shape index (κ1) is 17.0. The molecule has 0 amide bonds. The fourth-order valence-corrected chi connectivity index (χ4v) is 2.24. The second-order valence-corrected chi connectivity index (χ2v) is 6.28. The number of benzene rings is 1. The van der Waals surface area contributed by atoms with Gasteiger partial charge in [0.1, 0.15) is 11.4 Å². The number of hydrogen-bond donors (Lipinski definition) is 1. The van der Waals surface area contributed by atoms with Crippen molar-refractivity contribution in [2.45, 2.75) is 65.9 Å². The van der Waals surface area contributed by atoms with Gasteiger partial charge < -0.3 is 10.1 Å². The Balaban J connectivity index is 2.90. The topological polar surface area (TPSA) is 21.3 Å². The van der Waals surface area contributed by atoms with Gasteiger partial charge in [0.25, 0.3) is 0 Å². The first-order valence-electron chi connectivity index (χ1n) is 7.92. The molecule has 0 spiro atoms. The van der Waals surface area contributed by atoms with Gasteiger partial charge in [-0.3, -0.25) is 0 Å². The molecule has 0 fully saturated rings. The summed E-state index contributed by atoms with van der Waals surface area (Å²) in [7, 11) is 0. The largest absolute Gasteiger partial charge is 0.486 e. The maximum Gasteiger partial charge on any atom is 0.123 e. The summed E-state index contributed by atoms with van der Waals surface area (Å²) in [5.41, 5.74) is 2.40. The van der Waals surface area contributed by atoms with Gasteiger partial charge in [-0.1, -0.05) is 39.8 Å². The van der Waals surface area contributed by atoms with Gasteiger partial charge in [0.2, 0.25) is 0 Å². The van der Waals surface area contributed by atoms with Crippen molar-refractivity contribution in [3.05, 3.63) is 29.3 Å². The van der Waals surface area contributed by atoms with Crippen LogP contribution in [0, 0.1) is 6.92 Å². The minimum absolute atomic E-state index is 0.146. The Bertz CT molecular complexity index is 414. The van der Waals surface area contributed by atoms with E-state index < -0.39 is 0 Å². The van der Waals surface area contributed by atoms with Gasteiger partial charge in [-0.2, -0.15) is 0 Å². The molecule has 1 atom stereocenters. The Labute approximate surface area is 124 Å². The van der Waals surface area contributed by atoms with Crippen molar-refractivity contribution in [3.8, 4) is 5.75 Å². The van der Waals surface area contributed by atoms with Gasteiger partial charge in [-0.05, 0) is 56.3 Å². The third kappa shape index (κ3) is 4.82. The minimum atomic E-state index is -0.146. The zero-order chi connectivity index (χ0) is 15.2. The smallest absolute Gasteiger partial charge is 0.123 e. The third-order valence-corrected chi connectivity index (χ3v) is 3.82. The van der Waals surface area contributed by atoms with E-state index in [9.17, 15) is 0 Å². The van der Waals surface area contributed by atoms with Crippen molar-refractivity contribution in [2.75, 3.05) is 13.1 Å². The lowest BCUT2D eigenvalue weighted by Gasteiger charge is -2.31. The predicted octanol–water partition coefficient (Wildman–Crippen LogP) is 4.67. The van der Waals surface area contributed by atoms with Crippen molar-refractivity contribution in [1.82, 2.24) is 5.32 Å². The van der Waals surface area contributed by atoms with Crippen LogP contribution in [0.3, 0.4) is 0 Å². The highest BCUT2D eigenvalue weighted by Crippen LogP contribution is 2.31. The molecule has 1 rings (SSSR count). The molecule has 0 heterocycles. The average molecular weight is 277 g/mol.